The number of aryl methyl sites for hydroxylation is 2. The summed E-state index contributed by atoms with van der Waals surface area (Å²) < 4.78 is 15.2. The standard InChI is InChI=1S/C27H27ClFN5O/c1-17-3-5-21(13-18(17)2)24-15-25-26(30-9-12-34(25)32-24)33-10-7-20(8-11-33)27(35)31-16-19-4-6-23(29)22(28)14-19/h3-6,9,12-15,20H,7-8,10-11,16H2,1-2H3,(H,31,35). The fourth-order valence-corrected chi connectivity index (χ4v) is 4.73. The second-order valence-corrected chi connectivity index (χ2v) is 9.54. The van der Waals surface area contributed by atoms with E-state index in [4.69, 9.17) is 16.7 Å². The summed E-state index contributed by atoms with van der Waals surface area (Å²) in [5.41, 5.74) is 6.22. The number of carbonyl (C=O) groups excluding carboxylic acids is 1. The molecule has 35 heavy (non-hydrogen) atoms. The van der Waals surface area contributed by atoms with Crippen molar-refractivity contribution in [3.8, 4) is 11.3 Å². The van der Waals surface area contributed by atoms with Gasteiger partial charge in [-0.1, -0.05) is 29.8 Å². The predicted molar refractivity (Wildman–Crippen MR) is 136 cm³/mol. The van der Waals surface area contributed by atoms with E-state index in [9.17, 15) is 9.18 Å². The van der Waals surface area contributed by atoms with Gasteiger partial charge in [-0.05, 0) is 67.6 Å². The maximum Gasteiger partial charge on any atom is 0.223 e. The second kappa shape index (κ2) is 9.66. The van der Waals surface area contributed by atoms with Gasteiger partial charge >= 0.3 is 0 Å². The normalized spacial score (nSPS) is 14.5. The van der Waals surface area contributed by atoms with E-state index in [1.807, 2.05) is 10.7 Å². The average molecular weight is 492 g/mol. The molecule has 1 fully saturated rings. The number of benzene rings is 2. The maximum absolute atomic E-state index is 13.3. The molecule has 0 unspecified atom stereocenters. The molecule has 1 N–H and O–H groups in total. The number of rotatable bonds is 5. The molecule has 180 valence electrons. The fourth-order valence-electron chi connectivity index (χ4n) is 4.53. The molecular weight excluding hydrogens is 465 g/mol. The van der Waals surface area contributed by atoms with Gasteiger partial charge in [0.1, 0.15) is 11.3 Å². The van der Waals surface area contributed by atoms with Gasteiger partial charge in [-0.25, -0.2) is 13.9 Å². The van der Waals surface area contributed by atoms with E-state index in [1.54, 1.807) is 18.3 Å². The maximum atomic E-state index is 13.3. The Kier molecular flexibility index (Phi) is 6.43. The van der Waals surface area contributed by atoms with Gasteiger partial charge in [0.15, 0.2) is 5.82 Å². The number of nitrogens with one attached hydrogen (secondary N) is 1. The molecule has 3 heterocycles. The Balaban J connectivity index is 1.25. The zero-order valence-corrected chi connectivity index (χ0v) is 20.5. The van der Waals surface area contributed by atoms with E-state index in [-0.39, 0.29) is 16.8 Å². The number of amides is 1. The Morgan fingerprint density at radius 2 is 1.91 bits per heavy atom. The number of hydrogen-bond acceptors (Lipinski definition) is 4. The Bertz CT molecular complexity index is 1390. The molecule has 0 spiro atoms. The van der Waals surface area contributed by atoms with E-state index < -0.39 is 5.82 Å². The summed E-state index contributed by atoms with van der Waals surface area (Å²) in [6, 6.07) is 13.0. The van der Waals surface area contributed by atoms with Gasteiger partial charge in [-0.3, -0.25) is 4.79 Å². The largest absolute Gasteiger partial charge is 0.355 e. The van der Waals surface area contributed by atoms with Crippen molar-refractivity contribution in [3.63, 3.8) is 0 Å². The minimum Gasteiger partial charge on any atom is -0.355 e. The lowest BCUT2D eigenvalue weighted by molar-refractivity contribution is -0.125. The molecule has 5 rings (SSSR count). The van der Waals surface area contributed by atoms with Crippen LogP contribution in [-0.2, 0) is 11.3 Å². The SMILES string of the molecule is Cc1ccc(-c2cc3c(N4CCC(C(=O)NCc5ccc(F)c(Cl)c5)CC4)nccn3n2)cc1C. The topological polar surface area (TPSA) is 62.5 Å². The van der Waals surface area contributed by atoms with Crippen LogP contribution >= 0.6 is 11.6 Å². The average Bonchev–Trinajstić information content (AvgIpc) is 3.31. The summed E-state index contributed by atoms with van der Waals surface area (Å²) in [6.45, 7) is 6.01. The molecule has 1 amide bonds. The Hall–Kier alpha value is -3.45. The smallest absolute Gasteiger partial charge is 0.223 e. The third-order valence-corrected chi connectivity index (χ3v) is 7.08. The minimum absolute atomic E-state index is 0.0117. The van der Waals surface area contributed by atoms with Crippen LogP contribution in [0.2, 0.25) is 5.02 Å². The lowest BCUT2D eigenvalue weighted by atomic mass is 9.95. The van der Waals surface area contributed by atoms with Crippen LogP contribution < -0.4 is 10.2 Å². The number of fused-ring (bicyclic) bond motifs is 1. The summed E-state index contributed by atoms with van der Waals surface area (Å²) in [7, 11) is 0. The van der Waals surface area contributed by atoms with Crippen molar-refractivity contribution in [2.75, 3.05) is 18.0 Å². The van der Waals surface area contributed by atoms with Crippen molar-refractivity contribution in [1.29, 1.82) is 0 Å². The number of halogens is 2. The van der Waals surface area contributed by atoms with Crippen molar-refractivity contribution in [3.05, 3.63) is 82.4 Å². The highest BCUT2D eigenvalue weighted by Crippen LogP contribution is 2.29. The van der Waals surface area contributed by atoms with Gasteiger partial charge in [0.05, 0.1) is 10.7 Å². The first-order valence-corrected chi connectivity index (χ1v) is 12.2. The third-order valence-electron chi connectivity index (χ3n) is 6.79. The lowest BCUT2D eigenvalue weighted by Gasteiger charge is -2.32. The molecular formula is C27H27ClFN5O. The second-order valence-electron chi connectivity index (χ2n) is 9.14. The van der Waals surface area contributed by atoms with Gasteiger partial charge in [0.2, 0.25) is 5.91 Å². The molecule has 4 aromatic rings. The highest BCUT2D eigenvalue weighted by molar-refractivity contribution is 6.30. The Morgan fingerprint density at radius 1 is 1.11 bits per heavy atom. The molecule has 0 radical (unpaired) electrons. The summed E-state index contributed by atoms with van der Waals surface area (Å²) in [6.07, 6.45) is 5.10. The minimum atomic E-state index is -0.461. The Morgan fingerprint density at radius 3 is 2.66 bits per heavy atom. The monoisotopic (exact) mass is 491 g/mol. The summed E-state index contributed by atoms with van der Waals surface area (Å²) in [4.78, 5) is 19.6. The number of anilines is 1. The van der Waals surface area contributed by atoms with Gasteiger partial charge < -0.3 is 10.2 Å². The molecule has 6 nitrogen and oxygen atoms in total. The van der Waals surface area contributed by atoms with Gasteiger partial charge in [-0.15, -0.1) is 0 Å². The zero-order valence-electron chi connectivity index (χ0n) is 19.8. The van der Waals surface area contributed by atoms with E-state index in [0.29, 0.717) is 6.54 Å². The van der Waals surface area contributed by atoms with E-state index >= 15 is 0 Å². The summed E-state index contributed by atoms with van der Waals surface area (Å²) in [5.74, 6) is 0.363. The van der Waals surface area contributed by atoms with Crippen LogP contribution in [0, 0.1) is 25.6 Å². The van der Waals surface area contributed by atoms with Crippen molar-refractivity contribution in [2.45, 2.75) is 33.2 Å². The van der Waals surface area contributed by atoms with E-state index in [2.05, 4.69) is 53.3 Å². The van der Waals surface area contributed by atoms with Crippen molar-refractivity contribution >= 4 is 28.8 Å². The molecule has 0 bridgehead atoms. The molecule has 0 aliphatic carbocycles. The lowest BCUT2D eigenvalue weighted by Crippen LogP contribution is -2.40. The number of piperidine rings is 1. The van der Waals surface area contributed by atoms with Crippen molar-refractivity contribution in [1.82, 2.24) is 19.9 Å². The molecule has 0 atom stereocenters. The molecule has 1 aliphatic rings. The molecule has 2 aromatic heterocycles. The number of carbonyl (C=O) groups is 1. The third kappa shape index (κ3) is 4.86. The highest BCUT2D eigenvalue weighted by Gasteiger charge is 2.27. The predicted octanol–water partition coefficient (Wildman–Crippen LogP) is 5.34. The first-order valence-electron chi connectivity index (χ1n) is 11.8. The molecule has 2 aromatic carbocycles. The van der Waals surface area contributed by atoms with Crippen molar-refractivity contribution in [2.24, 2.45) is 5.92 Å². The molecule has 1 aliphatic heterocycles. The van der Waals surface area contributed by atoms with Crippen LogP contribution in [0.5, 0.6) is 0 Å². The summed E-state index contributed by atoms with van der Waals surface area (Å²) >= 11 is 5.84. The number of aromatic nitrogens is 3. The molecule has 0 saturated carbocycles. The first kappa shape index (κ1) is 23.3. The number of nitrogens with zero attached hydrogens (tertiary/aromatic N) is 4. The molecule has 1 saturated heterocycles. The van der Waals surface area contributed by atoms with Crippen molar-refractivity contribution < 1.29 is 9.18 Å². The fraction of sp³-hybridized carbons (Fsp3) is 0.296. The van der Waals surface area contributed by atoms with Gasteiger partial charge in [0, 0.05) is 43.5 Å². The van der Waals surface area contributed by atoms with Gasteiger partial charge in [0.25, 0.3) is 0 Å². The van der Waals surface area contributed by atoms with Crippen LogP contribution in [0.3, 0.4) is 0 Å². The van der Waals surface area contributed by atoms with Crippen LogP contribution in [0.4, 0.5) is 10.2 Å². The van der Waals surface area contributed by atoms with Crippen LogP contribution in [0.25, 0.3) is 16.8 Å². The Labute approximate surface area is 208 Å². The van der Waals surface area contributed by atoms with Crippen LogP contribution in [0.15, 0.2) is 54.9 Å². The highest BCUT2D eigenvalue weighted by atomic mass is 35.5. The quantitative estimate of drug-likeness (QED) is 0.409. The zero-order chi connectivity index (χ0) is 24.5. The summed E-state index contributed by atoms with van der Waals surface area (Å²) in [5, 5.41) is 7.79. The van der Waals surface area contributed by atoms with Crippen LogP contribution in [0.1, 0.15) is 29.5 Å². The number of hydrogen-bond donors (Lipinski definition) is 1. The van der Waals surface area contributed by atoms with E-state index in [0.717, 1.165) is 54.1 Å². The van der Waals surface area contributed by atoms with Gasteiger partial charge in [-0.2, -0.15) is 5.10 Å². The first-order chi connectivity index (χ1) is 16.9. The van der Waals surface area contributed by atoms with E-state index in [1.165, 1.54) is 17.2 Å². The van der Waals surface area contributed by atoms with Crippen LogP contribution in [-0.4, -0.2) is 33.6 Å². The molecule has 8 heteroatoms.